The smallest absolute Gasteiger partial charge is 0.246 e. The average Bonchev–Trinajstić information content (AvgIpc) is 2.70. The van der Waals surface area contributed by atoms with Crippen LogP contribution >= 0.6 is 0 Å². The quantitative estimate of drug-likeness (QED) is 0.404. The van der Waals surface area contributed by atoms with Crippen molar-refractivity contribution in [1.29, 1.82) is 0 Å². The molecule has 9 nitrogen and oxygen atoms in total. The highest BCUT2D eigenvalue weighted by Gasteiger charge is 2.36. The van der Waals surface area contributed by atoms with E-state index < -0.39 is 41.8 Å². The van der Waals surface area contributed by atoms with Crippen molar-refractivity contribution in [2.45, 2.75) is 64.6 Å². The molecule has 0 unspecified atom stereocenters. The van der Waals surface area contributed by atoms with Crippen LogP contribution in [0.5, 0.6) is 0 Å². The van der Waals surface area contributed by atoms with Crippen LogP contribution in [0.25, 0.3) is 0 Å². The fraction of sp³-hybridized carbons (Fsp3) is 0.500. The van der Waals surface area contributed by atoms with Gasteiger partial charge in [-0.2, -0.15) is 0 Å². The van der Waals surface area contributed by atoms with E-state index in [1.54, 1.807) is 30.3 Å². The largest absolute Gasteiger partial charge is 0.370 e. The van der Waals surface area contributed by atoms with E-state index in [1.807, 2.05) is 13.8 Å². The number of nitrogens with two attached hydrogens (primary N) is 2. The molecule has 9 heteroatoms. The number of hydrogen-bond donors (Lipinski definition) is 3. The molecule has 0 saturated carbocycles. The molecule has 0 aliphatic carbocycles. The van der Waals surface area contributed by atoms with Gasteiger partial charge in [-0.3, -0.25) is 24.1 Å². The van der Waals surface area contributed by atoms with Gasteiger partial charge in [0.15, 0.2) is 0 Å². The fourth-order valence-corrected chi connectivity index (χ4v) is 3.21. The van der Waals surface area contributed by atoms with Crippen LogP contribution in [0.15, 0.2) is 30.3 Å². The van der Waals surface area contributed by atoms with Crippen LogP contribution in [0.2, 0.25) is 0 Å². The molecule has 4 amide bonds. The molecule has 0 aliphatic heterocycles. The second kappa shape index (κ2) is 12.6. The van der Waals surface area contributed by atoms with Crippen LogP contribution in [-0.4, -0.2) is 52.9 Å². The van der Waals surface area contributed by atoms with E-state index in [4.69, 9.17) is 11.5 Å². The second-order valence-electron chi connectivity index (χ2n) is 7.92. The molecule has 0 fully saturated rings. The van der Waals surface area contributed by atoms with Crippen LogP contribution in [0.1, 0.15) is 45.6 Å². The molecule has 0 spiro atoms. The van der Waals surface area contributed by atoms with Gasteiger partial charge in [-0.25, -0.2) is 0 Å². The Morgan fingerprint density at radius 1 is 1.13 bits per heavy atom. The average molecular weight is 433 g/mol. The molecular formula is C22H32N4O5. The predicted octanol–water partition coefficient (Wildman–Crippen LogP) is 0.295. The Labute approximate surface area is 182 Å². The van der Waals surface area contributed by atoms with Gasteiger partial charge in [-0.15, -0.1) is 0 Å². The molecule has 0 radical (unpaired) electrons. The van der Waals surface area contributed by atoms with Gasteiger partial charge in [0.2, 0.25) is 23.6 Å². The lowest BCUT2D eigenvalue weighted by atomic mass is 9.99. The Hall–Kier alpha value is -3.07. The lowest BCUT2D eigenvalue weighted by Crippen LogP contribution is -2.58. The van der Waals surface area contributed by atoms with Crippen molar-refractivity contribution < 1.29 is 24.0 Å². The number of primary amides is 1. The third-order valence-electron chi connectivity index (χ3n) is 4.70. The van der Waals surface area contributed by atoms with Crippen molar-refractivity contribution in [3.05, 3.63) is 35.9 Å². The molecule has 0 heterocycles. The van der Waals surface area contributed by atoms with Crippen molar-refractivity contribution in [2.75, 3.05) is 0 Å². The molecular weight excluding hydrogens is 400 g/mol. The summed E-state index contributed by atoms with van der Waals surface area (Å²) in [5.74, 6) is -2.47. The molecule has 0 aliphatic rings. The van der Waals surface area contributed by atoms with E-state index in [0.717, 1.165) is 10.5 Å². The van der Waals surface area contributed by atoms with Gasteiger partial charge in [0.05, 0.1) is 12.1 Å². The molecule has 1 aromatic rings. The van der Waals surface area contributed by atoms with E-state index in [0.29, 0.717) is 12.7 Å². The lowest BCUT2D eigenvalue weighted by molar-refractivity contribution is -0.152. The monoisotopic (exact) mass is 432 g/mol. The first kappa shape index (κ1) is 26.0. The number of imide groups is 1. The SMILES string of the molecule is CC(=O)N(C(=O)[C@@H](N)CC(C)C)[C@@H](Cc1ccccc1)C(=O)N[C@H](C=O)CCC(N)=O. The zero-order valence-corrected chi connectivity index (χ0v) is 18.2. The Morgan fingerprint density at radius 3 is 2.23 bits per heavy atom. The molecule has 0 saturated heterocycles. The predicted molar refractivity (Wildman–Crippen MR) is 115 cm³/mol. The number of carbonyl (C=O) groups is 5. The Bertz CT molecular complexity index is 781. The molecule has 0 bridgehead atoms. The number of carbonyl (C=O) groups excluding carboxylic acids is 5. The highest BCUT2D eigenvalue weighted by atomic mass is 16.2. The summed E-state index contributed by atoms with van der Waals surface area (Å²) in [6, 6.07) is 5.74. The number of rotatable bonds is 12. The van der Waals surface area contributed by atoms with E-state index in [2.05, 4.69) is 5.32 Å². The maximum Gasteiger partial charge on any atom is 0.246 e. The fourth-order valence-electron chi connectivity index (χ4n) is 3.21. The van der Waals surface area contributed by atoms with Crippen LogP contribution < -0.4 is 16.8 Å². The van der Waals surface area contributed by atoms with Gasteiger partial charge in [-0.1, -0.05) is 44.2 Å². The van der Waals surface area contributed by atoms with Crippen LogP contribution in [0.4, 0.5) is 0 Å². The van der Waals surface area contributed by atoms with Gasteiger partial charge >= 0.3 is 0 Å². The number of hydrogen-bond acceptors (Lipinski definition) is 6. The maximum atomic E-state index is 13.1. The van der Waals surface area contributed by atoms with Crippen LogP contribution in [0, 0.1) is 5.92 Å². The third-order valence-corrected chi connectivity index (χ3v) is 4.70. The maximum absolute atomic E-state index is 13.1. The van der Waals surface area contributed by atoms with E-state index >= 15 is 0 Å². The highest BCUT2D eigenvalue weighted by Crippen LogP contribution is 2.15. The summed E-state index contributed by atoms with van der Waals surface area (Å²) in [4.78, 5) is 61.7. The first-order chi connectivity index (χ1) is 14.6. The minimum Gasteiger partial charge on any atom is -0.370 e. The van der Waals surface area contributed by atoms with Crippen LogP contribution in [0.3, 0.4) is 0 Å². The van der Waals surface area contributed by atoms with Crippen molar-refractivity contribution in [3.8, 4) is 0 Å². The van der Waals surface area contributed by atoms with Crippen molar-refractivity contribution in [2.24, 2.45) is 17.4 Å². The van der Waals surface area contributed by atoms with Gasteiger partial charge in [0, 0.05) is 19.8 Å². The van der Waals surface area contributed by atoms with Gasteiger partial charge in [0.25, 0.3) is 0 Å². The number of nitrogens with one attached hydrogen (secondary N) is 1. The summed E-state index contributed by atoms with van der Waals surface area (Å²) in [6.07, 6.45) is 0.807. The summed E-state index contributed by atoms with van der Waals surface area (Å²) >= 11 is 0. The zero-order valence-electron chi connectivity index (χ0n) is 18.2. The summed E-state index contributed by atoms with van der Waals surface area (Å²) in [5.41, 5.74) is 11.8. The minimum atomic E-state index is -1.21. The summed E-state index contributed by atoms with van der Waals surface area (Å²) in [7, 11) is 0. The Kier molecular flexibility index (Phi) is 10.5. The summed E-state index contributed by atoms with van der Waals surface area (Å²) < 4.78 is 0. The van der Waals surface area contributed by atoms with Crippen molar-refractivity contribution in [1.82, 2.24) is 10.2 Å². The molecule has 5 N–H and O–H groups in total. The second-order valence-corrected chi connectivity index (χ2v) is 7.92. The van der Waals surface area contributed by atoms with E-state index in [9.17, 15) is 24.0 Å². The molecule has 0 aromatic heterocycles. The lowest BCUT2D eigenvalue weighted by Gasteiger charge is -2.31. The Morgan fingerprint density at radius 2 is 1.74 bits per heavy atom. The van der Waals surface area contributed by atoms with E-state index in [1.165, 1.54) is 6.92 Å². The topological polar surface area (TPSA) is 153 Å². The van der Waals surface area contributed by atoms with Crippen molar-refractivity contribution in [3.63, 3.8) is 0 Å². The van der Waals surface area contributed by atoms with Gasteiger partial charge < -0.3 is 21.6 Å². The van der Waals surface area contributed by atoms with E-state index in [-0.39, 0.29) is 25.2 Å². The van der Waals surface area contributed by atoms with Crippen LogP contribution in [-0.2, 0) is 30.4 Å². The highest BCUT2D eigenvalue weighted by molar-refractivity contribution is 6.02. The normalized spacial score (nSPS) is 13.7. The van der Waals surface area contributed by atoms with Crippen molar-refractivity contribution >= 4 is 29.9 Å². The molecule has 170 valence electrons. The summed E-state index contributed by atoms with van der Waals surface area (Å²) in [5, 5.41) is 2.51. The van der Waals surface area contributed by atoms with Gasteiger partial charge in [-0.05, 0) is 24.3 Å². The Balaban J connectivity index is 3.21. The number of benzene rings is 1. The third kappa shape index (κ3) is 8.67. The minimum absolute atomic E-state index is 0.0174. The zero-order chi connectivity index (χ0) is 23.6. The standard InChI is InChI=1S/C22H32N4O5/c1-14(2)11-18(23)22(31)26(15(3)28)19(12-16-7-5-4-6-8-16)21(30)25-17(13-27)9-10-20(24)29/h4-8,13-14,17-19H,9-12,23H2,1-3H3,(H2,24,29)(H,25,30)/t17-,18-,19-/m0/s1. The number of nitrogens with zero attached hydrogens (tertiary/aromatic N) is 1. The molecule has 31 heavy (non-hydrogen) atoms. The molecule has 1 rings (SSSR count). The molecule has 1 aromatic carbocycles. The number of amides is 4. The number of aldehydes is 1. The van der Waals surface area contributed by atoms with Gasteiger partial charge in [0.1, 0.15) is 12.3 Å². The summed E-state index contributed by atoms with van der Waals surface area (Å²) in [6.45, 7) is 4.98. The first-order valence-electron chi connectivity index (χ1n) is 10.2. The molecule has 3 atom stereocenters. The first-order valence-corrected chi connectivity index (χ1v) is 10.2.